The summed E-state index contributed by atoms with van der Waals surface area (Å²) in [6, 6.07) is 13.1. The number of aryl methyl sites for hydroxylation is 2. The van der Waals surface area contributed by atoms with Crippen LogP contribution in [0.25, 0.3) is 0 Å². The molecule has 0 radical (unpaired) electrons. The van der Waals surface area contributed by atoms with Gasteiger partial charge in [0.1, 0.15) is 23.9 Å². The van der Waals surface area contributed by atoms with Gasteiger partial charge in [0, 0.05) is 0 Å². The number of ether oxygens (including phenoxy) is 3. The molecule has 2 rings (SSSR count). The van der Waals surface area contributed by atoms with Gasteiger partial charge < -0.3 is 19.5 Å². The highest BCUT2D eigenvalue weighted by Gasteiger charge is 2.18. The Hall–Kier alpha value is -2.69. The van der Waals surface area contributed by atoms with E-state index in [1.54, 1.807) is 14.0 Å². The van der Waals surface area contributed by atoms with Gasteiger partial charge in [-0.05, 0) is 63.6 Å². The number of benzene rings is 2. The summed E-state index contributed by atoms with van der Waals surface area (Å²) in [5.74, 6) is 2.05. The lowest BCUT2D eigenvalue weighted by Gasteiger charge is -2.20. The zero-order valence-electron chi connectivity index (χ0n) is 16.0. The maximum atomic E-state index is 12.3. The van der Waals surface area contributed by atoms with Crippen LogP contribution in [0.5, 0.6) is 17.2 Å². The average Bonchev–Trinajstić information content (AvgIpc) is 2.62. The van der Waals surface area contributed by atoms with Crippen molar-refractivity contribution in [3.63, 3.8) is 0 Å². The van der Waals surface area contributed by atoms with E-state index in [0.29, 0.717) is 6.61 Å². The van der Waals surface area contributed by atoms with Gasteiger partial charge in [-0.15, -0.1) is 0 Å². The maximum absolute atomic E-state index is 12.3. The van der Waals surface area contributed by atoms with Gasteiger partial charge in [-0.25, -0.2) is 0 Å². The van der Waals surface area contributed by atoms with Gasteiger partial charge >= 0.3 is 0 Å². The van der Waals surface area contributed by atoms with Gasteiger partial charge in [0.2, 0.25) is 0 Å². The second-order valence-electron chi connectivity index (χ2n) is 6.43. The number of amides is 1. The molecule has 0 aliphatic rings. The Morgan fingerprint density at radius 1 is 1.04 bits per heavy atom. The van der Waals surface area contributed by atoms with Crippen LogP contribution in [0.2, 0.25) is 0 Å². The summed E-state index contributed by atoms with van der Waals surface area (Å²) >= 11 is 0. The molecule has 26 heavy (non-hydrogen) atoms. The van der Waals surface area contributed by atoms with Crippen molar-refractivity contribution in [2.45, 2.75) is 39.8 Å². The molecule has 0 aliphatic heterocycles. The first-order valence-electron chi connectivity index (χ1n) is 8.70. The van der Waals surface area contributed by atoms with E-state index in [0.717, 1.165) is 28.4 Å². The lowest BCUT2D eigenvalue weighted by Crippen LogP contribution is -2.43. The van der Waals surface area contributed by atoms with E-state index in [2.05, 4.69) is 5.32 Å². The van der Waals surface area contributed by atoms with E-state index < -0.39 is 6.10 Å². The first-order valence-corrected chi connectivity index (χ1v) is 8.70. The topological polar surface area (TPSA) is 56.8 Å². The molecule has 0 spiro atoms. The number of hydrogen-bond donors (Lipinski definition) is 1. The summed E-state index contributed by atoms with van der Waals surface area (Å²) in [4.78, 5) is 12.3. The molecule has 2 atom stereocenters. The second kappa shape index (κ2) is 9.13. The molecule has 2 aromatic carbocycles. The standard InChI is InChI=1S/C21H27NO4/c1-14-6-11-20(15(2)12-14)26-17(4)21(23)22-16(3)13-25-19-9-7-18(24-5)8-10-19/h6-12,16-17H,13H2,1-5H3,(H,22,23). The second-order valence-corrected chi connectivity index (χ2v) is 6.43. The van der Waals surface area contributed by atoms with Crippen molar-refractivity contribution in [2.24, 2.45) is 0 Å². The lowest BCUT2D eigenvalue weighted by molar-refractivity contribution is -0.128. The van der Waals surface area contributed by atoms with Crippen molar-refractivity contribution >= 4 is 5.91 Å². The molecule has 0 saturated carbocycles. The van der Waals surface area contributed by atoms with Crippen LogP contribution in [0.1, 0.15) is 25.0 Å². The van der Waals surface area contributed by atoms with Gasteiger partial charge in [0.15, 0.2) is 6.10 Å². The average molecular weight is 357 g/mol. The normalized spacial score (nSPS) is 12.8. The predicted molar refractivity (Wildman–Crippen MR) is 102 cm³/mol. The van der Waals surface area contributed by atoms with Gasteiger partial charge in [-0.2, -0.15) is 0 Å². The molecule has 1 N–H and O–H groups in total. The monoisotopic (exact) mass is 357 g/mol. The van der Waals surface area contributed by atoms with E-state index in [1.165, 1.54) is 0 Å². The van der Waals surface area contributed by atoms with Crippen molar-refractivity contribution in [3.05, 3.63) is 53.6 Å². The van der Waals surface area contributed by atoms with Crippen molar-refractivity contribution in [1.29, 1.82) is 0 Å². The van der Waals surface area contributed by atoms with E-state index in [4.69, 9.17) is 14.2 Å². The molecule has 0 aliphatic carbocycles. The van der Waals surface area contributed by atoms with Crippen molar-refractivity contribution < 1.29 is 19.0 Å². The van der Waals surface area contributed by atoms with Crippen LogP contribution in [0.3, 0.4) is 0 Å². The molecule has 2 unspecified atom stereocenters. The number of carbonyl (C=O) groups excluding carboxylic acids is 1. The number of carbonyl (C=O) groups is 1. The maximum Gasteiger partial charge on any atom is 0.261 e. The number of methoxy groups -OCH3 is 1. The minimum absolute atomic E-state index is 0.144. The van der Waals surface area contributed by atoms with Gasteiger partial charge in [-0.3, -0.25) is 4.79 Å². The third kappa shape index (κ3) is 5.69. The Morgan fingerprint density at radius 2 is 1.69 bits per heavy atom. The van der Waals surface area contributed by atoms with Crippen LogP contribution in [-0.4, -0.2) is 31.8 Å². The highest BCUT2D eigenvalue weighted by molar-refractivity contribution is 5.81. The van der Waals surface area contributed by atoms with Crippen molar-refractivity contribution in [3.8, 4) is 17.2 Å². The van der Waals surface area contributed by atoms with Crippen LogP contribution < -0.4 is 19.5 Å². The zero-order valence-corrected chi connectivity index (χ0v) is 16.0. The molecule has 1 amide bonds. The highest BCUT2D eigenvalue weighted by atomic mass is 16.5. The third-order valence-corrected chi connectivity index (χ3v) is 3.95. The summed E-state index contributed by atoms with van der Waals surface area (Å²) in [5.41, 5.74) is 2.18. The Balaban J connectivity index is 1.81. The first-order chi connectivity index (χ1) is 12.4. The quantitative estimate of drug-likeness (QED) is 0.783. The lowest BCUT2D eigenvalue weighted by atomic mass is 10.1. The van der Waals surface area contributed by atoms with E-state index >= 15 is 0 Å². The molecule has 140 valence electrons. The molecule has 0 bridgehead atoms. The highest BCUT2D eigenvalue weighted by Crippen LogP contribution is 2.20. The molecule has 0 saturated heterocycles. The third-order valence-electron chi connectivity index (χ3n) is 3.95. The molecule has 2 aromatic rings. The Labute approximate surface area is 155 Å². The van der Waals surface area contributed by atoms with Crippen LogP contribution in [0.15, 0.2) is 42.5 Å². The van der Waals surface area contributed by atoms with Crippen LogP contribution in [-0.2, 0) is 4.79 Å². The van der Waals surface area contributed by atoms with Crippen molar-refractivity contribution in [1.82, 2.24) is 5.32 Å². The fourth-order valence-corrected chi connectivity index (χ4v) is 2.47. The fourth-order valence-electron chi connectivity index (χ4n) is 2.47. The molecule has 0 fully saturated rings. The fraction of sp³-hybridized carbons (Fsp3) is 0.381. The smallest absolute Gasteiger partial charge is 0.261 e. The van der Waals surface area contributed by atoms with E-state index in [1.807, 2.05) is 63.2 Å². The number of rotatable bonds is 8. The summed E-state index contributed by atoms with van der Waals surface area (Å²) in [5, 5.41) is 2.91. The summed E-state index contributed by atoms with van der Waals surface area (Å²) in [6.07, 6.45) is -0.583. The number of hydrogen-bond acceptors (Lipinski definition) is 4. The van der Waals surface area contributed by atoms with Gasteiger partial charge in [0.05, 0.1) is 13.2 Å². The SMILES string of the molecule is COc1ccc(OCC(C)NC(=O)C(C)Oc2ccc(C)cc2C)cc1. The van der Waals surface area contributed by atoms with E-state index in [-0.39, 0.29) is 11.9 Å². The predicted octanol–water partition coefficient (Wildman–Crippen LogP) is 3.66. The van der Waals surface area contributed by atoms with Crippen LogP contribution in [0.4, 0.5) is 0 Å². The molecule has 0 heterocycles. The first kappa shape index (κ1) is 19.6. The van der Waals surface area contributed by atoms with Crippen LogP contribution >= 0.6 is 0 Å². The number of nitrogens with one attached hydrogen (secondary N) is 1. The summed E-state index contributed by atoms with van der Waals surface area (Å²) in [6.45, 7) is 8.00. The minimum atomic E-state index is -0.583. The Kier molecular flexibility index (Phi) is 6.89. The molecule has 5 nitrogen and oxygen atoms in total. The molecule has 5 heteroatoms. The Morgan fingerprint density at radius 3 is 2.31 bits per heavy atom. The molecule has 0 aromatic heterocycles. The molecular weight excluding hydrogens is 330 g/mol. The molecular formula is C21H27NO4. The minimum Gasteiger partial charge on any atom is -0.497 e. The van der Waals surface area contributed by atoms with E-state index in [9.17, 15) is 4.79 Å². The van der Waals surface area contributed by atoms with Gasteiger partial charge in [-0.1, -0.05) is 17.7 Å². The van der Waals surface area contributed by atoms with Crippen molar-refractivity contribution in [2.75, 3.05) is 13.7 Å². The zero-order chi connectivity index (χ0) is 19.1. The van der Waals surface area contributed by atoms with Gasteiger partial charge in [0.25, 0.3) is 5.91 Å². The Bertz CT molecular complexity index is 727. The summed E-state index contributed by atoms with van der Waals surface area (Å²) < 4.78 is 16.6. The largest absolute Gasteiger partial charge is 0.497 e. The van der Waals surface area contributed by atoms with Crippen LogP contribution in [0, 0.1) is 13.8 Å². The summed E-state index contributed by atoms with van der Waals surface area (Å²) in [7, 11) is 1.62.